The van der Waals surface area contributed by atoms with Gasteiger partial charge in [0.25, 0.3) is 5.69 Å². The van der Waals surface area contributed by atoms with Crippen LogP contribution in [0, 0.1) is 24.0 Å². The fourth-order valence-electron chi connectivity index (χ4n) is 1.40. The number of hydrogen-bond donors (Lipinski definition) is 1. The van der Waals surface area contributed by atoms with Crippen molar-refractivity contribution >= 4 is 11.7 Å². The van der Waals surface area contributed by atoms with Gasteiger partial charge in [0.1, 0.15) is 12.4 Å². The third-order valence-electron chi connectivity index (χ3n) is 2.39. The molecule has 0 aliphatic heterocycles. The third kappa shape index (κ3) is 3.07. The van der Waals surface area contributed by atoms with E-state index >= 15 is 0 Å². The van der Waals surface area contributed by atoms with Crippen molar-refractivity contribution < 1.29 is 19.6 Å². The van der Waals surface area contributed by atoms with Gasteiger partial charge in [0.15, 0.2) is 0 Å². The van der Waals surface area contributed by atoms with Gasteiger partial charge in [0.2, 0.25) is 0 Å². The molecule has 0 fully saturated rings. The zero-order valence-electron chi connectivity index (χ0n) is 10.1. The first kappa shape index (κ1) is 13.7. The summed E-state index contributed by atoms with van der Waals surface area (Å²) in [5.41, 5.74) is 1.06. The molecule has 0 saturated carbocycles. The number of carboxylic acid groups (broad SMARTS) is 1. The van der Waals surface area contributed by atoms with Gasteiger partial charge in [0.05, 0.1) is 16.6 Å². The Kier molecular flexibility index (Phi) is 4.04. The van der Waals surface area contributed by atoms with Crippen molar-refractivity contribution in [2.75, 3.05) is 6.61 Å². The van der Waals surface area contributed by atoms with Crippen molar-refractivity contribution in [1.29, 1.82) is 0 Å². The lowest BCUT2D eigenvalue weighted by molar-refractivity contribution is -0.385. The Morgan fingerprint density at radius 1 is 1.44 bits per heavy atom. The van der Waals surface area contributed by atoms with Crippen molar-refractivity contribution in [3.8, 4) is 5.75 Å². The standard InChI is InChI=1S/C12H13NO5/c1-7-4-8(2)11(5-10(7)13(16)17)18-6-9(3)12(14)15/h4-5H,3,6H2,1-2H3,(H,14,15). The minimum absolute atomic E-state index is 0.0588. The van der Waals surface area contributed by atoms with E-state index in [-0.39, 0.29) is 23.6 Å². The largest absolute Gasteiger partial charge is 0.488 e. The van der Waals surface area contributed by atoms with Crippen LogP contribution >= 0.6 is 0 Å². The molecule has 0 radical (unpaired) electrons. The topological polar surface area (TPSA) is 89.7 Å². The summed E-state index contributed by atoms with van der Waals surface area (Å²) < 4.78 is 5.22. The van der Waals surface area contributed by atoms with Crippen molar-refractivity contribution in [2.24, 2.45) is 0 Å². The van der Waals surface area contributed by atoms with Crippen LogP contribution in [0.4, 0.5) is 5.69 Å². The van der Waals surface area contributed by atoms with E-state index in [1.807, 2.05) is 0 Å². The number of carbonyl (C=O) groups is 1. The van der Waals surface area contributed by atoms with Crippen LogP contribution in [0.25, 0.3) is 0 Å². The Morgan fingerprint density at radius 3 is 2.56 bits per heavy atom. The van der Waals surface area contributed by atoms with E-state index in [4.69, 9.17) is 9.84 Å². The molecule has 6 nitrogen and oxygen atoms in total. The van der Waals surface area contributed by atoms with E-state index in [9.17, 15) is 14.9 Å². The van der Waals surface area contributed by atoms with Crippen molar-refractivity contribution in [3.63, 3.8) is 0 Å². The first-order chi connectivity index (χ1) is 8.32. The molecule has 0 aliphatic carbocycles. The molecule has 1 aromatic carbocycles. The number of aliphatic carboxylic acids is 1. The summed E-state index contributed by atoms with van der Waals surface area (Å²) in [5.74, 6) is -0.871. The van der Waals surface area contributed by atoms with Crippen molar-refractivity contribution in [2.45, 2.75) is 13.8 Å². The first-order valence-corrected chi connectivity index (χ1v) is 5.12. The Labute approximate surface area is 104 Å². The summed E-state index contributed by atoms with van der Waals surface area (Å²) in [7, 11) is 0. The fraction of sp³-hybridized carbons (Fsp3) is 0.250. The third-order valence-corrected chi connectivity index (χ3v) is 2.39. The Balaban J connectivity index is 2.96. The predicted octanol–water partition coefficient (Wildman–Crippen LogP) is 2.23. The summed E-state index contributed by atoms with van der Waals surface area (Å²) >= 11 is 0. The van der Waals surface area contributed by atoms with Crippen LogP contribution < -0.4 is 4.74 Å². The quantitative estimate of drug-likeness (QED) is 0.492. The number of nitrogens with zero attached hydrogens (tertiary/aromatic N) is 1. The van der Waals surface area contributed by atoms with E-state index in [1.165, 1.54) is 6.07 Å². The second-order valence-corrected chi connectivity index (χ2v) is 3.86. The molecular weight excluding hydrogens is 238 g/mol. The van der Waals surface area contributed by atoms with Gasteiger partial charge < -0.3 is 9.84 Å². The Morgan fingerprint density at radius 2 is 2.06 bits per heavy atom. The lowest BCUT2D eigenvalue weighted by atomic mass is 10.1. The highest BCUT2D eigenvalue weighted by molar-refractivity contribution is 5.86. The van der Waals surface area contributed by atoms with Crippen molar-refractivity contribution in [1.82, 2.24) is 0 Å². The maximum Gasteiger partial charge on any atom is 0.334 e. The summed E-state index contributed by atoms with van der Waals surface area (Å²) in [5, 5.41) is 19.4. The number of benzene rings is 1. The van der Waals surface area contributed by atoms with Crippen LogP contribution in [0.3, 0.4) is 0 Å². The summed E-state index contributed by atoms with van der Waals surface area (Å²) in [6, 6.07) is 2.91. The average Bonchev–Trinajstić information content (AvgIpc) is 2.26. The number of rotatable bonds is 5. The molecule has 18 heavy (non-hydrogen) atoms. The molecule has 0 saturated heterocycles. The highest BCUT2D eigenvalue weighted by Gasteiger charge is 2.15. The van der Waals surface area contributed by atoms with Crippen LogP contribution in [-0.2, 0) is 4.79 Å². The number of nitro benzene ring substituents is 1. The number of ether oxygens (including phenoxy) is 1. The lowest BCUT2D eigenvalue weighted by Crippen LogP contribution is -2.09. The molecule has 0 amide bonds. The monoisotopic (exact) mass is 251 g/mol. The molecule has 0 bridgehead atoms. The molecule has 1 N–H and O–H groups in total. The van der Waals surface area contributed by atoms with Gasteiger partial charge in [-0.1, -0.05) is 6.58 Å². The van der Waals surface area contributed by atoms with Crippen LogP contribution in [0.2, 0.25) is 0 Å². The molecule has 0 aromatic heterocycles. The fourth-order valence-corrected chi connectivity index (χ4v) is 1.40. The second kappa shape index (κ2) is 5.31. The van der Waals surface area contributed by atoms with Gasteiger partial charge in [0, 0.05) is 5.56 Å². The van der Waals surface area contributed by atoms with Crippen LogP contribution in [0.15, 0.2) is 24.3 Å². The zero-order valence-corrected chi connectivity index (χ0v) is 10.1. The molecule has 1 aromatic rings. The summed E-state index contributed by atoms with van der Waals surface area (Å²) in [6.45, 7) is 6.47. The first-order valence-electron chi connectivity index (χ1n) is 5.12. The molecule has 96 valence electrons. The van der Waals surface area contributed by atoms with Gasteiger partial charge >= 0.3 is 5.97 Å². The van der Waals surface area contributed by atoms with Gasteiger partial charge in [-0.2, -0.15) is 0 Å². The average molecular weight is 251 g/mol. The minimum Gasteiger partial charge on any atom is -0.488 e. The lowest BCUT2D eigenvalue weighted by Gasteiger charge is -2.10. The number of carboxylic acids is 1. The normalized spacial score (nSPS) is 9.89. The van der Waals surface area contributed by atoms with Crippen LogP contribution in [0.1, 0.15) is 11.1 Å². The van der Waals surface area contributed by atoms with E-state index in [2.05, 4.69) is 6.58 Å². The van der Waals surface area contributed by atoms with Gasteiger partial charge in [-0.25, -0.2) is 4.79 Å². The minimum atomic E-state index is -1.16. The Bertz CT molecular complexity index is 521. The maximum absolute atomic E-state index is 10.8. The molecule has 0 spiro atoms. The van der Waals surface area contributed by atoms with Crippen molar-refractivity contribution in [3.05, 3.63) is 45.5 Å². The predicted molar refractivity (Wildman–Crippen MR) is 64.8 cm³/mol. The molecule has 0 heterocycles. The Hall–Kier alpha value is -2.37. The number of aryl methyl sites for hydroxylation is 2. The molecule has 1 rings (SSSR count). The molecule has 0 aliphatic rings. The van der Waals surface area contributed by atoms with Gasteiger partial charge in [-0.15, -0.1) is 0 Å². The van der Waals surface area contributed by atoms with Crippen LogP contribution in [0.5, 0.6) is 5.75 Å². The number of nitro groups is 1. The smallest absolute Gasteiger partial charge is 0.334 e. The van der Waals surface area contributed by atoms with Gasteiger partial charge in [-0.3, -0.25) is 10.1 Å². The van der Waals surface area contributed by atoms with Crippen LogP contribution in [-0.4, -0.2) is 22.6 Å². The summed E-state index contributed by atoms with van der Waals surface area (Å²) in [4.78, 5) is 20.8. The zero-order chi connectivity index (χ0) is 13.9. The van der Waals surface area contributed by atoms with E-state index in [0.717, 1.165) is 0 Å². The van der Waals surface area contributed by atoms with E-state index in [0.29, 0.717) is 11.1 Å². The molecule has 0 atom stereocenters. The summed E-state index contributed by atoms with van der Waals surface area (Å²) in [6.07, 6.45) is 0. The van der Waals surface area contributed by atoms with E-state index in [1.54, 1.807) is 19.9 Å². The van der Waals surface area contributed by atoms with E-state index < -0.39 is 10.9 Å². The SMILES string of the molecule is C=C(COc1cc([N+](=O)[O-])c(C)cc1C)C(=O)O. The molecular formula is C12H13NO5. The highest BCUT2D eigenvalue weighted by Crippen LogP contribution is 2.28. The van der Waals surface area contributed by atoms with Gasteiger partial charge in [-0.05, 0) is 25.5 Å². The highest BCUT2D eigenvalue weighted by atomic mass is 16.6. The molecule has 6 heteroatoms. The number of hydrogen-bond acceptors (Lipinski definition) is 4. The maximum atomic E-state index is 10.8. The second-order valence-electron chi connectivity index (χ2n) is 3.86. The molecule has 0 unspecified atom stereocenters.